The molecule has 128 valence electrons. The summed E-state index contributed by atoms with van der Waals surface area (Å²) in [5.74, 6) is 0.676. The first-order valence-corrected chi connectivity index (χ1v) is 8.70. The molecule has 0 unspecified atom stereocenters. The van der Waals surface area contributed by atoms with E-state index in [0.29, 0.717) is 31.9 Å². The molecule has 0 amide bonds. The van der Waals surface area contributed by atoms with E-state index in [9.17, 15) is 14.9 Å². The van der Waals surface area contributed by atoms with E-state index >= 15 is 0 Å². The molecule has 1 aliphatic rings. The number of aromatic nitrogens is 3. The summed E-state index contributed by atoms with van der Waals surface area (Å²) < 4.78 is 1.33. The number of nitro groups is 1. The van der Waals surface area contributed by atoms with Gasteiger partial charge in [-0.05, 0) is 20.8 Å². The first-order chi connectivity index (χ1) is 11.4. The quantitative estimate of drug-likeness (QED) is 0.620. The third-order valence-electron chi connectivity index (χ3n) is 4.23. The zero-order valence-electron chi connectivity index (χ0n) is 13.9. The molecule has 24 heavy (non-hydrogen) atoms. The molecule has 2 aromatic rings. The molecule has 0 spiro atoms. The van der Waals surface area contributed by atoms with Crippen LogP contribution < -0.4 is 10.5 Å². The Balaban J connectivity index is 2.02. The summed E-state index contributed by atoms with van der Waals surface area (Å²) >= 11 is 1.67. The van der Waals surface area contributed by atoms with E-state index in [2.05, 4.69) is 9.97 Å². The molecule has 0 aromatic carbocycles. The van der Waals surface area contributed by atoms with Gasteiger partial charge in [0, 0.05) is 37.4 Å². The molecule has 3 heterocycles. The Bertz CT molecular complexity index is 832. The predicted molar refractivity (Wildman–Crippen MR) is 92.0 cm³/mol. The van der Waals surface area contributed by atoms with Crippen LogP contribution in [0.25, 0.3) is 0 Å². The molecule has 0 saturated heterocycles. The van der Waals surface area contributed by atoms with E-state index in [0.717, 1.165) is 17.1 Å². The number of anilines is 1. The highest BCUT2D eigenvalue weighted by Crippen LogP contribution is 2.27. The summed E-state index contributed by atoms with van der Waals surface area (Å²) in [5, 5.41) is 12.5. The molecule has 3 rings (SSSR count). The second-order valence-corrected chi connectivity index (χ2v) is 7.02. The van der Waals surface area contributed by atoms with Crippen LogP contribution in [0.1, 0.15) is 28.3 Å². The van der Waals surface area contributed by atoms with E-state index in [1.807, 2.05) is 11.8 Å². The molecular formula is C15H19N5O3S. The maximum Gasteiger partial charge on any atom is 0.376 e. The van der Waals surface area contributed by atoms with Crippen molar-refractivity contribution in [2.75, 3.05) is 18.0 Å². The van der Waals surface area contributed by atoms with Crippen LogP contribution in [0.15, 0.2) is 4.79 Å². The molecule has 0 bridgehead atoms. The molecular weight excluding hydrogens is 330 g/mol. The minimum Gasteiger partial charge on any atom is -0.350 e. The SMILES string of the molecule is CCn1c(C)nc(N2CCc3nc(C)sc3CC2)c([N+](=O)[O-])c1=O. The van der Waals surface area contributed by atoms with Crippen molar-refractivity contribution in [2.24, 2.45) is 0 Å². The predicted octanol–water partition coefficient (Wildman–Crippen LogP) is 1.85. The van der Waals surface area contributed by atoms with Crippen molar-refractivity contribution in [3.05, 3.63) is 41.9 Å². The smallest absolute Gasteiger partial charge is 0.350 e. The molecule has 2 aromatic heterocycles. The summed E-state index contributed by atoms with van der Waals surface area (Å²) in [6.45, 7) is 6.99. The van der Waals surface area contributed by atoms with Crippen molar-refractivity contribution < 1.29 is 4.92 Å². The number of hydrogen-bond donors (Lipinski definition) is 0. The molecule has 0 N–H and O–H groups in total. The van der Waals surface area contributed by atoms with E-state index in [4.69, 9.17) is 0 Å². The summed E-state index contributed by atoms with van der Waals surface area (Å²) in [6.07, 6.45) is 1.46. The van der Waals surface area contributed by atoms with Crippen molar-refractivity contribution in [1.82, 2.24) is 14.5 Å². The first kappa shape index (κ1) is 16.6. The summed E-state index contributed by atoms with van der Waals surface area (Å²) in [7, 11) is 0. The van der Waals surface area contributed by atoms with Crippen LogP contribution in [0.5, 0.6) is 0 Å². The molecule has 8 nitrogen and oxygen atoms in total. The summed E-state index contributed by atoms with van der Waals surface area (Å²) in [6, 6.07) is 0. The summed E-state index contributed by atoms with van der Waals surface area (Å²) in [4.78, 5) is 35.3. The minimum absolute atomic E-state index is 0.180. The Morgan fingerprint density at radius 3 is 2.62 bits per heavy atom. The van der Waals surface area contributed by atoms with Crippen LogP contribution in [0.2, 0.25) is 0 Å². The topological polar surface area (TPSA) is 94.2 Å². The van der Waals surface area contributed by atoms with E-state index in [-0.39, 0.29) is 5.82 Å². The minimum atomic E-state index is -0.612. The van der Waals surface area contributed by atoms with Crippen molar-refractivity contribution in [3.8, 4) is 0 Å². The van der Waals surface area contributed by atoms with E-state index < -0.39 is 16.2 Å². The van der Waals surface area contributed by atoms with Gasteiger partial charge in [0.05, 0.1) is 15.6 Å². The van der Waals surface area contributed by atoms with E-state index in [1.54, 1.807) is 25.2 Å². The lowest BCUT2D eigenvalue weighted by molar-refractivity contribution is -0.386. The van der Waals surface area contributed by atoms with E-state index in [1.165, 1.54) is 9.44 Å². The zero-order valence-corrected chi connectivity index (χ0v) is 14.7. The van der Waals surface area contributed by atoms with Crippen LogP contribution in [-0.4, -0.2) is 32.5 Å². The Labute approximate surface area is 142 Å². The standard InChI is InChI=1S/C15H19N5O3S/c1-4-19-9(2)16-14(13(15(19)21)20(22)23)18-7-5-11-12(6-8-18)24-10(3)17-11/h4-8H2,1-3H3. The highest BCUT2D eigenvalue weighted by molar-refractivity contribution is 7.11. The zero-order chi connectivity index (χ0) is 17.4. The van der Waals surface area contributed by atoms with Crippen molar-refractivity contribution in [3.63, 3.8) is 0 Å². The van der Waals surface area contributed by atoms with Gasteiger partial charge in [0.25, 0.3) is 0 Å². The fraction of sp³-hybridized carbons (Fsp3) is 0.533. The monoisotopic (exact) mass is 349 g/mol. The lowest BCUT2D eigenvalue weighted by atomic mass is 10.2. The average Bonchev–Trinajstić information content (AvgIpc) is 2.75. The number of thiazole rings is 1. The summed E-state index contributed by atoms with van der Waals surface area (Å²) in [5.41, 5.74) is 0.0381. The molecule has 0 saturated carbocycles. The van der Waals surface area contributed by atoms with Gasteiger partial charge in [-0.2, -0.15) is 0 Å². The number of aryl methyl sites for hydroxylation is 2. The van der Waals surface area contributed by atoms with Gasteiger partial charge in [-0.15, -0.1) is 11.3 Å². The molecule has 0 aliphatic carbocycles. The number of rotatable bonds is 3. The second-order valence-electron chi connectivity index (χ2n) is 5.73. The Kier molecular flexibility index (Phi) is 4.35. The van der Waals surface area contributed by atoms with Crippen molar-refractivity contribution in [1.29, 1.82) is 0 Å². The third kappa shape index (κ3) is 2.79. The maximum absolute atomic E-state index is 12.5. The average molecular weight is 349 g/mol. The molecule has 0 fully saturated rings. The number of nitrogens with zero attached hydrogens (tertiary/aromatic N) is 5. The molecule has 0 atom stereocenters. The Hall–Kier alpha value is -2.29. The number of hydrogen-bond acceptors (Lipinski definition) is 7. The van der Waals surface area contributed by atoms with Gasteiger partial charge >= 0.3 is 11.2 Å². The molecule has 0 radical (unpaired) electrons. The van der Waals surface area contributed by atoms with Crippen LogP contribution in [0, 0.1) is 24.0 Å². The van der Waals surface area contributed by atoms with Crippen LogP contribution in [-0.2, 0) is 19.4 Å². The molecule has 1 aliphatic heterocycles. The van der Waals surface area contributed by atoms with Crippen LogP contribution in [0.3, 0.4) is 0 Å². The van der Waals surface area contributed by atoms with Gasteiger partial charge in [-0.25, -0.2) is 9.97 Å². The number of fused-ring (bicyclic) bond motifs is 1. The van der Waals surface area contributed by atoms with Crippen molar-refractivity contribution >= 4 is 22.8 Å². The second kappa shape index (κ2) is 6.31. The lowest BCUT2D eigenvalue weighted by Crippen LogP contribution is -2.33. The van der Waals surface area contributed by atoms with Gasteiger partial charge in [0.1, 0.15) is 5.82 Å². The van der Waals surface area contributed by atoms with Crippen molar-refractivity contribution in [2.45, 2.75) is 40.2 Å². The largest absolute Gasteiger partial charge is 0.376 e. The lowest BCUT2D eigenvalue weighted by Gasteiger charge is -2.22. The van der Waals surface area contributed by atoms with Crippen LogP contribution in [0.4, 0.5) is 11.5 Å². The van der Waals surface area contributed by atoms with Gasteiger partial charge < -0.3 is 4.90 Å². The first-order valence-electron chi connectivity index (χ1n) is 7.88. The van der Waals surface area contributed by atoms with Gasteiger partial charge in [0.2, 0.25) is 5.82 Å². The third-order valence-corrected chi connectivity index (χ3v) is 5.30. The fourth-order valence-corrected chi connectivity index (χ4v) is 4.06. The van der Waals surface area contributed by atoms with Gasteiger partial charge in [0.15, 0.2) is 0 Å². The Morgan fingerprint density at radius 2 is 1.96 bits per heavy atom. The fourth-order valence-electron chi connectivity index (χ4n) is 3.09. The Morgan fingerprint density at radius 1 is 1.25 bits per heavy atom. The highest BCUT2D eigenvalue weighted by Gasteiger charge is 2.29. The normalized spacial score (nSPS) is 14.4. The van der Waals surface area contributed by atoms with Crippen LogP contribution >= 0.6 is 11.3 Å². The highest BCUT2D eigenvalue weighted by atomic mass is 32.1. The molecule has 9 heteroatoms. The van der Waals surface area contributed by atoms with Gasteiger partial charge in [-0.3, -0.25) is 19.5 Å². The maximum atomic E-state index is 12.5. The van der Waals surface area contributed by atoms with Gasteiger partial charge in [-0.1, -0.05) is 0 Å².